The van der Waals surface area contributed by atoms with E-state index in [4.69, 9.17) is 0 Å². The van der Waals surface area contributed by atoms with Crippen LogP contribution in [0.4, 0.5) is 5.69 Å². The molecule has 166 valence electrons. The van der Waals surface area contributed by atoms with Gasteiger partial charge in [0.05, 0.1) is 6.10 Å². The Kier molecular flexibility index (Phi) is 4.97. The average Bonchev–Trinajstić information content (AvgIpc) is 2.99. The Hall–Kier alpha value is -1.87. The minimum atomic E-state index is -0.202. The topological polar surface area (TPSA) is 40.5 Å². The van der Waals surface area contributed by atoms with Crippen LogP contribution >= 0.6 is 0 Å². The van der Waals surface area contributed by atoms with E-state index in [1.54, 1.807) is 0 Å². The molecule has 1 aromatic carbocycles. The number of hydrogen-bond donors (Lipinski definition) is 1. The van der Waals surface area contributed by atoms with E-state index in [1.165, 1.54) is 11.3 Å². The van der Waals surface area contributed by atoms with E-state index in [2.05, 4.69) is 55.2 Å². The Morgan fingerprint density at radius 1 is 1.00 bits per heavy atom. The standard InChI is InChI=1S/C28H37NO2/c1-27-13-11-22(30)17-20(27)7-10-23-24(27)12-14-28(2)25(23)16-19(26(28)31)15-18-5-8-21(9-6-18)29(3)4/h5-9,15,22-25,30H,10-14,16-17H2,1-4H3/b19-15+/t22-,23-,24-,25-,27+,28+/m1/s1. The number of aliphatic hydroxyl groups excluding tert-OH is 1. The second kappa shape index (κ2) is 7.33. The molecule has 1 N–H and O–H groups in total. The second-order valence-electron chi connectivity index (χ2n) is 11.3. The van der Waals surface area contributed by atoms with Gasteiger partial charge in [0.1, 0.15) is 0 Å². The van der Waals surface area contributed by atoms with Gasteiger partial charge in [0.25, 0.3) is 0 Å². The zero-order chi connectivity index (χ0) is 22.0. The van der Waals surface area contributed by atoms with Gasteiger partial charge in [-0.05, 0) is 97.5 Å². The van der Waals surface area contributed by atoms with E-state index in [0.717, 1.165) is 56.1 Å². The molecule has 0 saturated heterocycles. The molecule has 0 aromatic heterocycles. The Morgan fingerprint density at radius 3 is 2.42 bits per heavy atom. The SMILES string of the molecule is CN(C)c1ccc(/C=C2\C[C@@H]3[C@@H]4CC=C5C[C@H](O)CC[C@]5(C)[C@@H]4CC[C@]3(C)C2=O)cc1. The largest absolute Gasteiger partial charge is 0.393 e. The van der Waals surface area contributed by atoms with Gasteiger partial charge in [-0.15, -0.1) is 0 Å². The van der Waals surface area contributed by atoms with Gasteiger partial charge in [0.2, 0.25) is 0 Å². The lowest BCUT2D eigenvalue weighted by Crippen LogP contribution is -2.50. The molecule has 5 rings (SSSR count). The van der Waals surface area contributed by atoms with Crippen molar-refractivity contribution in [1.29, 1.82) is 0 Å². The number of allylic oxidation sites excluding steroid dienone is 2. The van der Waals surface area contributed by atoms with E-state index in [1.807, 2.05) is 14.1 Å². The number of carbonyl (C=O) groups excluding carboxylic acids is 1. The molecule has 0 bridgehead atoms. The first-order valence-corrected chi connectivity index (χ1v) is 12.1. The molecule has 3 heteroatoms. The molecule has 4 aliphatic rings. The van der Waals surface area contributed by atoms with Gasteiger partial charge in [-0.25, -0.2) is 0 Å². The van der Waals surface area contributed by atoms with Crippen LogP contribution in [0.2, 0.25) is 0 Å². The van der Waals surface area contributed by atoms with Crippen LogP contribution in [-0.4, -0.2) is 31.1 Å². The first kappa shape index (κ1) is 21.0. The summed E-state index contributed by atoms with van der Waals surface area (Å²) in [5, 5.41) is 10.2. The molecule has 3 nitrogen and oxygen atoms in total. The number of benzene rings is 1. The van der Waals surface area contributed by atoms with Crippen molar-refractivity contribution in [2.24, 2.45) is 28.6 Å². The van der Waals surface area contributed by atoms with Crippen LogP contribution in [0, 0.1) is 28.6 Å². The van der Waals surface area contributed by atoms with Gasteiger partial charge in [0, 0.05) is 25.2 Å². The molecular weight excluding hydrogens is 382 g/mol. The Morgan fingerprint density at radius 2 is 1.71 bits per heavy atom. The molecular formula is C28H37NO2. The molecule has 4 aliphatic carbocycles. The summed E-state index contributed by atoms with van der Waals surface area (Å²) in [7, 11) is 4.10. The van der Waals surface area contributed by atoms with Crippen LogP contribution in [-0.2, 0) is 4.79 Å². The van der Waals surface area contributed by atoms with Crippen LogP contribution in [0.5, 0.6) is 0 Å². The summed E-state index contributed by atoms with van der Waals surface area (Å²) in [6, 6.07) is 8.52. The van der Waals surface area contributed by atoms with Gasteiger partial charge in [0.15, 0.2) is 5.78 Å². The van der Waals surface area contributed by atoms with Crippen molar-refractivity contribution >= 4 is 17.5 Å². The summed E-state index contributed by atoms with van der Waals surface area (Å²) in [6.07, 6.45) is 11.5. The molecule has 31 heavy (non-hydrogen) atoms. The fourth-order valence-electron chi connectivity index (χ4n) is 7.51. The summed E-state index contributed by atoms with van der Waals surface area (Å²) < 4.78 is 0. The molecule has 0 heterocycles. The minimum absolute atomic E-state index is 0.161. The minimum Gasteiger partial charge on any atom is -0.393 e. The van der Waals surface area contributed by atoms with Gasteiger partial charge in [-0.1, -0.05) is 37.6 Å². The lowest BCUT2D eigenvalue weighted by molar-refractivity contribution is -0.130. The number of hydrogen-bond acceptors (Lipinski definition) is 3. The van der Waals surface area contributed by atoms with Crippen molar-refractivity contribution in [3.05, 3.63) is 47.1 Å². The molecule has 0 aliphatic heterocycles. The third-order valence-electron chi connectivity index (χ3n) is 9.47. The van der Waals surface area contributed by atoms with E-state index >= 15 is 0 Å². The smallest absolute Gasteiger partial charge is 0.165 e. The number of fused-ring (bicyclic) bond motifs is 5. The van der Waals surface area contributed by atoms with E-state index in [0.29, 0.717) is 23.5 Å². The summed E-state index contributed by atoms with van der Waals surface area (Å²) in [4.78, 5) is 15.7. The van der Waals surface area contributed by atoms with Crippen LogP contribution in [0.1, 0.15) is 64.4 Å². The Bertz CT molecular complexity index is 942. The third kappa shape index (κ3) is 3.23. The van der Waals surface area contributed by atoms with Crippen molar-refractivity contribution < 1.29 is 9.90 Å². The maximum absolute atomic E-state index is 13.6. The number of carbonyl (C=O) groups is 1. The highest BCUT2D eigenvalue weighted by molar-refractivity contribution is 6.06. The highest BCUT2D eigenvalue weighted by Crippen LogP contribution is 2.64. The fraction of sp³-hybridized carbons (Fsp3) is 0.607. The van der Waals surface area contributed by atoms with Crippen LogP contribution < -0.4 is 4.90 Å². The summed E-state index contributed by atoms with van der Waals surface area (Å²) in [6.45, 7) is 4.70. The quantitative estimate of drug-likeness (QED) is 0.498. The van der Waals surface area contributed by atoms with Crippen molar-refractivity contribution in [1.82, 2.24) is 0 Å². The monoisotopic (exact) mass is 419 g/mol. The lowest BCUT2D eigenvalue weighted by Gasteiger charge is -2.56. The summed E-state index contributed by atoms with van der Waals surface area (Å²) in [5.74, 6) is 2.09. The molecule has 0 radical (unpaired) electrons. The first-order chi connectivity index (χ1) is 14.7. The lowest BCUT2D eigenvalue weighted by atomic mass is 9.48. The predicted molar refractivity (Wildman–Crippen MR) is 127 cm³/mol. The van der Waals surface area contributed by atoms with Crippen molar-refractivity contribution in [3.63, 3.8) is 0 Å². The first-order valence-electron chi connectivity index (χ1n) is 12.1. The zero-order valence-electron chi connectivity index (χ0n) is 19.5. The normalized spacial score (nSPS) is 40.7. The van der Waals surface area contributed by atoms with Crippen molar-refractivity contribution in [3.8, 4) is 0 Å². The van der Waals surface area contributed by atoms with Crippen molar-refractivity contribution in [2.75, 3.05) is 19.0 Å². The zero-order valence-corrected chi connectivity index (χ0v) is 19.5. The summed E-state index contributed by atoms with van der Waals surface area (Å²) in [5.41, 5.74) is 4.86. The molecule has 3 fully saturated rings. The van der Waals surface area contributed by atoms with Gasteiger partial charge in [-0.2, -0.15) is 0 Å². The summed E-state index contributed by atoms with van der Waals surface area (Å²) >= 11 is 0. The number of aliphatic hydroxyl groups is 1. The van der Waals surface area contributed by atoms with Gasteiger partial charge < -0.3 is 10.0 Å². The molecule has 6 atom stereocenters. The van der Waals surface area contributed by atoms with Crippen LogP contribution in [0.25, 0.3) is 6.08 Å². The van der Waals surface area contributed by atoms with Crippen LogP contribution in [0.15, 0.2) is 41.5 Å². The highest BCUT2D eigenvalue weighted by Gasteiger charge is 2.59. The van der Waals surface area contributed by atoms with E-state index < -0.39 is 0 Å². The second-order valence-corrected chi connectivity index (χ2v) is 11.3. The number of ketones is 1. The van der Waals surface area contributed by atoms with E-state index in [-0.39, 0.29) is 16.9 Å². The Labute approximate surface area is 187 Å². The number of nitrogens with zero attached hydrogens (tertiary/aromatic N) is 1. The van der Waals surface area contributed by atoms with Crippen LogP contribution in [0.3, 0.4) is 0 Å². The number of Topliss-reactive ketones (excluding diaryl/α,β-unsaturated/α-hetero) is 1. The molecule has 1 aromatic rings. The van der Waals surface area contributed by atoms with Crippen molar-refractivity contribution in [2.45, 2.75) is 64.9 Å². The number of anilines is 1. The average molecular weight is 420 g/mol. The molecule has 0 spiro atoms. The maximum atomic E-state index is 13.6. The third-order valence-corrected chi connectivity index (χ3v) is 9.47. The van der Waals surface area contributed by atoms with Gasteiger partial charge in [-0.3, -0.25) is 4.79 Å². The Balaban J connectivity index is 1.44. The van der Waals surface area contributed by atoms with E-state index in [9.17, 15) is 9.90 Å². The van der Waals surface area contributed by atoms with Gasteiger partial charge >= 0.3 is 0 Å². The molecule has 0 amide bonds. The number of rotatable bonds is 2. The fourth-order valence-corrected chi connectivity index (χ4v) is 7.51. The highest BCUT2D eigenvalue weighted by atomic mass is 16.3. The predicted octanol–water partition coefficient (Wildman–Crippen LogP) is 5.64. The maximum Gasteiger partial charge on any atom is 0.165 e. The molecule has 0 unspecified atom stereocenters. The molecule has 3 saturated carbocycles.